The SMILES string of the molecule is CCC1(CC)NC(=O)CN(Cc2c(F)cccc2F)C1=O. The quantitative estimate of drug-likeness (QED) is 0.923. The van der Waals surface area contributed by atoms with Gasteiger partial charge in [0.05, 0.1) is 13.1 Å². The zero-order chi connectivity index (χ0) is 15.6. The Labute approximate surface area is 122 Å². The Kier molecular flexibility index (Phi) is 4.25. The smallest absolute Gasteiger partial charge is 0.249 e. The van der Waals surface area contributed by atoms with Crippen molar-refractivity contribution < 1.29 is 18.4 Å². The van der Waals surface area contributed by atoms with E-state index in [9.17, 15) is 18.4 Å². The first-order chi connectivity index (χ1) is 9.93. The highest BCUT2D eigenvalue weighted by Gasteiger charge is 2.44. The number of carbonyl (C=O) groups is 2. The Morgan fingerprint density at radius 1 is 1.19 bits per heavy atom. The summed E-state index contributed by atoms with van der Waals surface area (Å²) in [5.41, 5.74) is -1.17. The second-order valence-corrected chi connectivity index (χ2v) is 5.20. The van der Waals surface area contributed by atoms with Crippen molar-refractivity contribution in [2.45, 2.75) is 38.8 Å². The van der Waals surface area contributed by atoms with Crippen LogP contribution in [0, 0.1) is 11.6 Å². The predicted molar refractivity (Wildman–Crippen MR) is 73.2 cm³/mol. The highest BCUT2D eigenvalue weighted by Crippen LogP contribution is 2.24. The van der Waals surface area contributed by atoms with Crippen molar-refractivity contribution in [2.24, 2.45) is 0 Å². The van der Waals surface area contributed by atoms with Crippen LogP contribution in [-0.2, 0) is 16.1 Å². The van der Waals surface area contributed by atoms with Gasteiger partial charge in [-0.05, 0) is 25.0 Å². The fourth-order valence-corrected chi connectivity index (χ4v) is 2.64. The van der Waals surface area contributed by atoms with Crippen molar-refractivity contribution in [3.8, 4) is 0 Å². The summed E-state index contributed by atoms with van der Waals surface area (Å²) in [5, 5.41) is 2.71. The fourth-order valence-electron chi connectivity index (χ4n) is 2.64. The van der Waals surface area contributed by atoms with Crippen molar-refractivity contribution >= 4 is 11.8 Å². The minimum Gasteiger partial charge on any atom is -0.340 e. The topological polar surface area (TPSA) is 49.4 Å². The highest BCUT2D eigenvalue weighted by atomic mass is 19.1. The minimum absolute atomic E-state index is 0.186. The zero-order valence-corrected chi connectivity index (χ0v) is 12.1. The molecule has 0 radical (unpaired) electrons. The van der Waals surface area contributed by atoms with Gasteiger partial charge in [0.2, 0.25) is 11.8 Å². The lowest BCUT2D eigenvalue weighted by atomic mass is 9.88. The molecule has 0 atom stereocenters. The zero-order valence-electron chi connectivity index (χ0n) is 12.1. The summed E-state index contributed by atoms with van der Waals surface area (Å²) in [6, 6.07) is 3.54. The summed E-state index contributed by atoms with van der Waals surface area (Å²) in [6.45, 7) is 3.17. The van der Waals surface area contributed by atoms with E-state index in [1.807, 2.05) is 0 Å². The second kappa shape index (κ2) is 5.79. The maximum atomic E-state index is 13.7. The van der Waals surface area contributed by atoms with Crippen LogP contribution in [0.2, 0.25) is 0 Å². The molecule has 2 rings (SSSR count). The molecule has 1 fully saturated rings. The number of halogens is 2. The number of nitrogens with one attached hydrogen (secondary N) is 1. The van der Waals surface area contributed by atoms with Crippen LogP contribution in [0.4, 0.5) is 8.78 Å². The van der Waals surface area contributed by atoms with Gasteiger partial charge in [-0.1, -0.05) is 19.9 Å². The standard InChI is InChI=1S/C15H18F2N2O2/c1-3-15(4-2)14(21)19(9-13(20)18-15)8-10-11(16)6-5-7-12(10)17/h5-7H,3-4,8-9H2,1-2H3,(H,18,20). The molecular formula is C15H18F2N2O2. The molecular weight excluding hydrogens is 278 g/mol. The third-order valence-corrected chi connectivity index (χ3v) is 4.03. The summed E-state index contributed by atoms with van der Waals surface area (Å²) >= 11 is 0. The first-order valence-corrected chi connectivity index (χ1v) is 6.96. The summed E-state index contributed by atoms with van der Waals surface area (Å²) < 4.78 is 27.4. The molecule has 0 spiro atoms. The third-order valence-electron chi connectivity index (χ3n) is 4.03. The number of amides is 2. The van der Waals surface area contributed by atoms with Crippen LogP contribution in [0.5, 0.6) is 0 Å². The maximum absolute atomic E-state index is 13.7. The number of piperazine rings is 1. The van der Waals surface area contributed by atoms with Crippen LogP contribution in [0.15, 0.2) is 18.2 Å². The largest absolute Gasteiger partial charge is 0.340 e. The van der Waals surface area contributed by atoms with Crippen molar-refractivity contribution in [1.29, 1.82) is 0 Å². The fraction of sp³-hybridized carbons (Fsp3) is 0.467. The number of hydrogen-bond acceptors (Lipinski definition) is 2. The van der Waals surface area contributed by atoms with Gasteiger partial charge in [0.25, 0.3) is 0 Å². The molecule has 0 aromatic heterocycles. The van der Waals surface area contributed by atoms with Crippen LogP contribution in [0.1, 0.15) is 32.3 Å². The lowest BCUT2D eigenvalue weighted by molar-refractivity contribution is -0.151. The van der Waals surface area contributed by atoms with E-state index in [2.05, 4.69) is 5.32 Å². The average Bonchev–Trinajstić information content (AvgIpc) is 2.46. The van der Waals surface area contributed by atoms with E-state index in [4.69, 9.17) is 0 Å². The first-order valence-electron chi connectivity index (χ1n) is 6.96. The summed E-state index contributed by atoms with van der Waals surface area (Å²) in [7, 11) is 0. The Hall–Kier alpha value is -1.98. The van der Waals surface area contributed by atoms with Gasteiger partial charge >= 0.3 is 0 Å². The van der Waals surface area contributed by atoms with Crippen molar-refractivity contribution in [3.63, 3.8) is 0 Å². The van der Waals surface area contributed by atoms with E-state index in [-0.39, 0.29) is 30.5 Å². The van der Waals surface area contributed by atoms with E-state index in [0.29, 0.717) is 12.8 Å². The molecule has 1 aromatic rings. The molecule has 4 nitrogen and oxygen atoms in total. The number of carbonyl (C=O) groups excluding carboxylic acids is 2. The number of nitrogens with zero attached hydrogens (tertiary/aromatic N) is 1. The van der Waals surface area contributed by atoms with E-state index < -0.39 is 17.2 Å². The van der Waals surface area contributed by atoms with Crippen molar-refractivity contribution in [3.05, 3.63) is 35.4 Å². The van der Waals surface area contributed by atoms with Gasteiger partial charge in [0.1, 0.15) is 17.2 Å². The van der Waals surface area contributed by atoms with E-state index in [0.717, 1.165) is 12.1 Å². The molecule has 1 heterocycles. The molecule has 1 aromatic carbocycles. The van der Waals surface area contributed by atoms with Gasteiger partial charge in [-0.2, -0.15) is 0 Å². The molecule has 0 saturated carbocycles. The van der Waals surface area contributed by atoms with Crippen LogP contribution < -0.4 is 5.32 Å². The number of rotatable bonds is 4. The van der Waals surface area contributed by atoms with Crippen molar-refractivity contribution in [1.82, 2.24) is 10.2 Å². The summed E-state index contributed by atoms with van der Waals surface area (Å²) in [4.78, 5) is 25.6. The van der Waals surface area contributed by atoms with Crippen LogP contribution >= 0.6 is 0 Å². The summed E-state index contributed by atoms with van der Waals surface area (Å²) in [5.74, 6) is -2.04. The van der Waals surface area contributed by atoms with Crippen LogP contribution in [0.25, 0.3) is 0 Å². The molecule has 21 heavy (non-hydrogen) atoms. The van der Waals surface area contributed by atoms with Gasteiger partial charge in [0, 0.05) is 5.56 Å². The molecule has 114 valence electrons. The monoisotopic (exact) mass is 296 g/mol. The second-order valence-electron chi connectivity index (χ2n) is 5.20. The third kappa shape index (κ3) is 2.75. The molecule has 6 heteroatoms. The molecule has 1 N–H and O–H groups in total. The van der Waals surface area contributed by atoms with E-state index in [1.165, 1.54) is 11.0 Å². The molecule has 1 aliphatic heterocycles. The molecule has 0 unspecified atom stereocenters. The molecule has 2 amide bonds. The number of hydrogen-bond donors (Lipinski definition) is 1. The Bertz CT molecular complexity index is 551. The molecule has 0 aliphatic carbocycles. The van der Waals surface area contributed by atoms with Crippen LogP contribution in [0.3, 0.4) is 0 Å². The van der Waals surface area contributed by atoms with Gasteiger partial charge in [-0.25, -0.2) is 8.78 Å². The van der Waals surface area contributed by atoms with Crippen molar-refractivity contribution in [2.75, 3.05) is 6.54 Å². The van der Waals surface area contributed by atoms with Gasteiger partial charge in [-0.3, -0.25) is 9.59 Å². The Balaban J connectivity index is 2.31. The predicted octanol–water partition coefficient (Wildman–Crippen LogP) is 1.98. The van der Waals surface area contributed by atoms with Gasteiger partial charge in [0.15, 0.2) is 0 Å². The minimum atomic E-state index is -0.975. The van der Waals surface area contributed by atoms with Crippen LogP contribution in [-0.4, -0.2) is 28.8 Å². The van der Waals surface area contributed by atoms with E-state index >= 15 is 0 Å². The van der Waals surface area contributed by atoms with Gasteiger partial charge in [-0.15, -0.1) is 0 Å². The van der Waals surface area contributed by atoms with Gasteiger partial charge < -0.3 is 10.2 Å². The molecule has 1 saturated heterocycles. The first kappa shape index (κ1) is 15.4. The average molecular weight is 296 g/mol. The Morgan fingerprint density at radius 2 is 1.76 bits per heavy atom. The maximum Gasteiger partial charge on any atom is 0.249 e. The Morgan fingerprint density at radius 3 is 2.29 bits per heavy atom. The summed E-state index contributed by atoms with van der Waals surface area (Å²) in [6.07, 6.45) is 0.870. The number of benzene rings is 1. The highest BCUT2D eigenvalue weighted by molar-refractivity contribution is 5.97. The molecule has 0 bridgehead atoms. The normalized spacial score (nSPS) is 17.8. The lowest BCUT2D eigenvalue weighted by Crippen LogP contribution is -2.65. The molecule has 1 aliphatic rings. The lowest BCUT2D eigenvalue weighted by Gasteiger charge is -2.41. The van der Waals surface area contributed by atoms with E-state index in [1.54, 1.807) is 13.8 Å².